The summed E-state index contributed by atoms with van der Waals surface area (Å²) in [5, 5.41) is 5.60. The van der Waals surface area contributed by atoms with Crippen molar-refractivity contribution in [3.8, 4) is 5.75 Å². The van der Waals surface area contributed by atoms with Gasteiger partial charge in [-0.1, -0.05) is 12.1 Å². The van der Waals surface area contributed by atoms with Gasteiger partial charge in [0.1, 0.15) is 17.4 Å². The molecular weight excluding hydrogens is 575 g/mol. The molecule has 1 fully saturated rings. The molecule has 0 saturated carbocycles. The first kappa shape index (κ1) is 31.5. The molecule has 0 aliphatic carbocycles. The SMILES string of the molecule is CC(C)(C)OC(=O)N[C@H]1CSc2ccc(C(=O)NCC3CCOCC3)cc2N(Cc2ccc(OC(F)(F)F)cc2)C1=O. The molecule has 0 spiro atoms. The number of benzene rings is 2. The van der Waals surface area contributed by atoms with Crippen LogP contribution in [0.5, 0.6) is 5.75 Å². The van der Waals surface area contributed by atoms with Crippen LogP contribution in [0.3, 0.4) is 0 Å². The van der Waals surface area contributed by atoms with Crippen molar-refractivity contribution in [1.29, 1.82) is 0 Å². The van der Waals surface area contributed by atoms with Gasteiger partial charge in [0.15, 0.2) is 0 Å². The number of anilines is 1. The maximum atomic E-state index is 13.8. The van der Waals surface area contributed by atoms with Crippen LogP contribution in [0.1, 0.15) is 49.5 Å². The predicted molar refractivity (Wildman–Crippen MR) is 151 cm³/mol. The fourth-order valence-electron chi connectivity index (χ4n) is 4.53. The lowest BCUT2D eigenvalue weighted by Gasteiger charge is -2.27. The van der Waals surface area contributed by atoms with Gasteiger partial charge >= 0.3 is 12.5 Å². The van der Waals surface area contributed by atoms with Gasteiger partial charge in [0.25, 0.3) is 11.8 Å². The van der Waals surface area contributed by atoms with Gasteiger partial charge in [-0.05, 0) is 75.4 Å². The quantitative estimate of drug-likeness (QED) is 0.441. The Kier molecular flexibility index (Phi) is 9.93. The van der Waals surface area contributed by atoms with Crippen molar-refractivity contribution in [2.75, 3.05) is 30.4 Å². The third-order valence-electron chi connectivity index (χ3n) is 6.56. The van der Waals surface area contributed by atoms with E-state index < -0.39 is 35.8 Å². The zero-order valence-corrected chi connectivity index (χ0v) is 24.4. The molecule has 9 nitrogen and oxygen atoms in total. The summed E-state index contributed by atoms with van der Waals surface area (Å²) in [7, 11) is 0. The van der Waals surface area contributed by atoms with Gasteiger partial charge < -0.3 is 29.7 Å². The second-order valence-electron chi connectivity index (χ2n) is 11.1. The van der Waals surface area contributed by atoms with Crippen LogP contribution in [0, 0.1) is 5.92 Å². The molecule has 1 saturated heterocycles. The number of carbonyl (C=O) groups excluding carboxylic acids is 3. The zero-order chi connectivity index (χ0) is 30.5. The van der Waals surface area contributed by atoms with Gasteiger partial charge in [0.05, 0.1) is 12.2 Å². The van der Waals surface area contributed by atoms with E-state index in [0.29, 0.717) is 47.4 Å². The number of ether oxygens (including phenoxy) is 3. The van der Waals surface area contributed by atoms with Gasteiger partial charge in [-0.25, -0.2) is 4.79 Å². The molecule has 3 amide bonds. The molecule has 2 aliphatic rings. The Bertz CT molecular complexity index is 1280. The third kappa shape index (κ3) is 9.02. The summed E-state index contributed by atoms with van der Waals surface area (Å²) < 4.78 is 52.6. The maximum Gasteiger partial charge on any atom is 0.573 e. The number of alkyl halides is 3. The first-order valence-corrected chi connectivity index (χ1v) is 14.5. The highest BCUT2D eigenvalue weighted by molar-refractivity contribution is 7.99. The second kappa shape index (κ2) is 13.2. The van der Waals surface area contributed by atoms with Crippen LogP contribution in [0.2, 0.25) is 0 Å². The highest BCUT2D eigenvalue weighted by Crippen LogP contribution is 2.36. The Morgan fingerprint density at radius 3 is 2.40 bits per heavy atom. The summed E-state index contributed by atoms with van der Waals surface area (Å²) in [6.07, 6.45) is -3.86. The molecule has 1 atom stereocenters. The number of nitrogens with one attached hydrogen (secondary N) is 2. The lowest BCUT2D eigenvalue weighted by atomic mass is 10.0. The largest absolute Gasteiger partial charge is 0.573 e. The summed E-state index contributed by atoms with van der Waals surface area (Å²) in [4.78, 5) is 41.6. The highest BCUT2D eigenvalue weighted by atomic mass is 32.2. The number of hydrogen-bond acceptors (Lipinski definition) is 7. The number of carbonyl (C=O) groups is 3. The Balaban J connectivity index is 1.59. The van der Waals surface area contributed by atoms with E-state index in [1.807, 2.05) is 0 Å². The summed E-state index contributed by atoms with van der Waals surface area (Å²) in [5.74, 6) is -0.612. The van der Waals surface area contributed by atoms with E-state index in [1.165, 1.54) is 28.8 Å². The average molecular weight is 610 g/mol. The van der Waals surface area contributed by atoms with Crippen molar-refractivity contribution in [2.24, 2.45) is 5.92 Å². The number of rotatable bonds is 7. The molecule has 2 aromatic rings. The van der Waals surface area contributed by atoms with Crippen LogP contribution in [0.25, 0.3) is 0 Å². The van der Waals surface area contributed by atoms with E-state index in [4.69, 9.17) is 9.47 Å². The first-order chi connectivity index (χ1) is 19.8. The number of hydrogen-bond donors (Lipinski definition) is 2. The molecule has 0 radical (unpaired) electrons. The number of thioether (sulfide) groups is 1. The average Bonchev–Trinajstić information content (AvgIpc) is 3.03. The molecule has 228 valence electrons. The smallest absolute Gasteiger partial charge is 0.444 e. The monoisotopic (exact) mass is 609 g/mol. The maximum absolute atomic E-state index is 13.8. The molecule has 13 heteroatoms. The molecule has 2 heterocycles. The minimum Gasteiger partial charge on any atom is -0.444 e. The van der Waals surface area contributed by atoms with E-state index in [1.54, 1.807) is 39.0 Å². The third-order valence-corrected chi connectivity index (χ3v) is 7.72. The Morgan fingerprint density at radius 2 is 1.76 bits per heavy atom. The van der Waals surface area contributed by atoms with Crippen LogP contribution < -0.4 is 20.3 Å². The van der Waals surface area contributed by atoms with Crippen molar-refractivity contribution in [1.82, 2.24) is 10.6 Å². The fourth-order valence-corrected chi connectivity index (χ4v) is 5.58. The molecule has 2 aromatic carbocycles. The zero-order valence-electron chi connectivity index (χ0n) is 23.6. The Hall–Kier alpha value is -3.45. The van der Waals surface area contributed by atoms with Crippen LogP contribution in [-0.4, -0.2) is 61.4 Å². The first-order valence-electron chi connectivity index (χ1n) is 13.6. The normalized spacial score (nSPS) is 18.1. The second-order valence-corrected chi connectivity index (χ2v) is 12.1. The van der Waals surface area contributed by atoms with Crippen LogP contribution in [0.15, 0.2) is 47.4 Å². The number of halogens is 3. The fraction of sp³-hybridized carbons (Fsp3) is 0.483. The van der Waals surface area contributed by atoms with Crippen molar-refractivity contribution in [3.05, 3.63) is 53.6 Å². The Labute approximate surface area is 246 Å². The molecule has 0 aromatic heterocycles. The van der Waals surface area contributed by atoms with Gasteiger partial charge in [-0.15, -0.1) is 24.9 Å². The molecule has 2 aliphatic heterocycles. The topological polar surface area (TPSA) is 106 Å². The van der Waals surface area contributed by atoms with Crippen LogP contribution >= 0.6 is 11.8 Å². The van der Waals surface area contributed by atoms with Crippen LogP contribution in [-0.2, 0) is 20.8 Å². The summed E-state index contributed by atoms with van der Waals surface area (Å²) >= 11 is 1.34. The van der Waals surface area contributed by atoms with E-state index in [9.17, 15) is 27.6 Å². The van der Waals surface area contributed by atoms with Crippen molar-refractivity contribution in [3.63, 3.8) is 0 Å². The minimum absolute atomic E-state index is 0.0294. The van der Waals surface area contributed by atoms with E-state index in [2.05, 4.69) is 15.4 Å². The van der Waals surface area contributed by atoms with Crippen LogP contribution in [0.4, 0.5) is 23.7 Å². The number of nitrogens with zero attached hydrogens (tertiary/aromatic N) is 1. The van der Waals surface area contributed by atoms with Gasteiger partial charge in [0, 0.05) is 36.0 Å². The molecule has 0 bridgehead atoms. The number of amides is 3. The van der Waals surface area contributed by atoms with Crippen molar-refractivity contribution >= 4 is 35.4 Å². The molecule has 42 heavy (non-hydrogen) atoms. The predicted octanol–water partition coefficient (Wildman–Crippen LogP) is 5.27. The van der Waals surface area contributed by atoms with Gasteiger partial charge in [-0.2, -0.15) is 0 Å². The number of fused-ring (bicyclic) bond motifs is 1. The minimum atomic E-state index is -4.83. The van der Waals surface area contributed by atoms with E-state index in [0.717, 1.165) is 25.0 Å². The highest BCUT2D eigenvalue weighted by Gasteiger charge is 2.34. The molecule has 4 rings (SSSR count). The standard InChI is InChI=1S/C29H34F3N3O6S/c1-28(2,3)41-27(38)34-22-17-42-24-9-6-20(25(36)33-15-18-10-12-39-13-11-18)14-23(24)35(26(22)37)16-19-4-7-21(8-5-19)40-29(30,31)32/h4-9,14,18,22H,10-13,15-17H2,1-3H3,(H,33,36)(H,34,38)/t22-/m0/s1. The lowest BCUT2D eigenvalue weighted by Crippen LogP contribution is -2.50. The van der Waals surface area contributed by atoms with Crippen molar-refractivity contribution < 1.29 is 41.8 Å². The summed E-state index contributed by atoms with van der Waals surface area (Å²) in [6, 6.07) is 9.26. The lowest BCUT2D eigenvalue weighted by molar-refractivity contribution is -0.274. The van der Waals surface area contributed by atoms with Gasteiger partial charge in [-0.3, -0.25) is 9.59 Å². The molecule has 0 unspecified atom stereocenters. The van der Waals surface area contributed by atoms with Gasteiger partial charge in [0.2, 0.25) is 0 Å². The van der Waals surface area contributed by atoms with E-state index in [-0.39, 0.29) is 18.2 Å². The summed E-state index contributed by atoms with van der Waals surface area (Å²) in [5.41, 5.74) is 0.543. The molecular formula is C29H34F3N3O6S. The Morgan fingerprint density at radius 1 is 1.07 bits per heavy atom. The molecule has 2 N–H and O–H groups in total. The van der Waals surface area contributed by atoms with Crippen molar-refractivity contribution in [2.45, 2.75) is 63.1 Å². The van der Waals surface area contributed by atoms with E-state index >= 15 is 0 Å². The summed E-state index contributed by atoms with van der Waals surface area (Å²) in [6.45, 7) is 6.92. The number of alkyl carbamates (subject to hydrolysis) is 1.